The van der Waals surface area contributed by atoms with E-state index >= 15 is 0 Å². The lowest BCUT2D eigenvalue weighted by Gasteiger charge is -2.17. The van der Waals surface area contributed by atoms with E-state index in [2.05, 4.69) is 24.1 Å². The second-order valence-corrected chi connectivity index (χ2v) is 4.11. The van der Waals surface area contributed by atoms with E-state index in [1.807, 2.05) is 13.8 Å². The molecule has 0 spiro atoms. The number of hydrogen-bond acceptors (Lipinski definition) is 3. The topological polar surface area (TPSA) is 45.5 Å². The zero-order valence-electron chi connectivity index (χ0n) is 11.2. The molecule has 0 radical (unpaired) electrons. The van der Waals surface area contributed by atoms with E-state index in [9.17, 15) is 4.79 Å². The maximum Gasteiger partial charge on any atom is 0.254 e. The molecule has 0 fully saturated rings. The largest absolute Gasteiger partial charge is 0.466 e. The summed E-state index contributed by atoms with van der Waals surface area (Å²) in [4.78, 5) is 14.1. The van der Waals surface area contributed by atoms with Gasteiger partial charge >= 0.3 is 0 Å². The van der Waals surface area contributed by atoms with Gasteiger partial charge in [-0.1, -0.05) is 13.8 Å². The average molecular weight is 238 g/mol. The Bertz CT molecular complexity index is 367. The number of amides is 1. The van der Waals surface area contributed by atoms with Crippen LogP contribution in [0.25, 0.3) is 0 Å². The average Bonchev–Trinajstić information content (AvgIpc) is 2.64. The predicted molar refractivity (Wildman–Crippen MR) is 68.3 cm³/mol. The molecule has 1 heterocycles. The first-order valence-electron chi connectivity index (χ1n) is 6.16. The van der Waals surface area contributed by atoms with E-state index in [4.69, 9.17) is 4.42 Å². The molecule has 0 aliphatic carbocycles. The summed E-state index contributed by atoms with van der Waals surface area (Å²) in [6.45, 7) is 11.5. The number of nitrogens with one attached hydrogen (secondary N) is 1. The Morgan fingerprint density at radius 3 is 2.47 bits per heavy atom. The van der Waals surface area contributed by atoms with Gasteiger partial charge in [-0.3, -0.25) is 4.79 Å². The normalized spacial score (nSPS) is 10.9. The summed E-state index contributed by atoms with van der Waals surface area (Å²) in [7, 11) is 0. The van der Waals surface area contributed by atoms with Crippen LogP contribution in [-0.4, -0.2) is 37.0 Å². The third-order valence-corrected chi connectivity index (χ3v) is 2.89. The maximum absolute atomic E-state index is 11.8. The van der Waals surface area contributed by atoms with Crippen LogP contribution in [0.4, 0.5) is 0 Å². The van der Waals surface area contributed by atoms with Crippen LogP contribution in [0.1, 0.15) is 35.7 Å². The molecule has 1 aromatic heterocycles. The van der Waals surface area contributed by atoms with E-state index in [-0.39, 0.29) is 5.91 Å². The Balaban J connectivity index is 2.42. The summed E-state index contributed by atoms with van der Waals surface area (Å²) in [6.07, 6.45) is 0. The van der Waals surface area contributed by atoms with Crippen molar-refractivity contribution in [3.05, 3.63) is 23.2 Å². The fourth-order valence-electron chi connectivity index (χ4n) is 1.82. The highest BCUT2D eigenvalue weighted by atomic mass is 16.3. The Hall–Kier alpha value is -1.29. The van der Waals surface area contributed by atoms with E-state index in [1.165, 1.54) is 0 Å². The first-order chi connectivity index (χ1) is 8.08. The first kappa shape index (κ1) is 13.8. The Kier molecular flexibility index (Phi) is 5.22. The molecule has 1 rings (SSSR count). The number of hydrogen-bond donors (Lipinski definition) is 1. The van der Waals surface area contributed by atoms with Crippen molar-refractivity contribution in [3.63, 3.8) is 0 Å². The van der Waals surface area contributed by atoms with Crippen LogP contribution in [0, 0.1) is 13.8 Å². The van der Waals surface area contributed by atoms with Gasteiger partial charge in [-0.25, -0.2) is 0 Å². The van der Waals surface area contributed by atoms with Gasteiger partial charge in [0.05, 0.1) is 5.56 Å². The third-order valence-electron chi connectivity index (χ3n) is 2.89. The van der Waals surface area contributed by atoms with E-state index in [0.717, 1.165) is 25.4 Å². The van der Waals surface area contributed by atoms with Gasteiger partial charge in [0, 0.05) is 13.1 Å². The molecule has 0 saturated carbocycles. The number of rotatable bonds is 6. The summed E-state index contributed by atoms with van der Waals surface area (Å²) in [5.74, 6) is 1.41. The lowest BCUT2D eigenvalue weighted by Crippen LogP contribution is -2.34. The minimum Gasteiger partial charge on any atom is -0.466 e. The predicted octanol–water partition coefficient (Wildman–Crippen LogP) is 1.97. The number of carbonyl (C=O) groups is 1. The molecule has 17 heavy (non-hydrogen) atoms. The van der Waals surface area contributed by atoms with Crippen LogP contribution in [0.5, 0.6) is 0 Å². The van der Waals surface area contributed by atoms with Crippen LogP contribution >= 0.6 is 0 Å². The number of likely N-dealkylation sites (N-methyl/N-ethyl adjacent to an activating group) is 1. The summed E-state index contributed by atoms with van der Waals surface area (Å²) < 4.78 is 5.33. The smallest absolute Gasteiger partial charge is 0.254 e. The minimum atomic E-state index is -0.0495. The van der Waals surface area contributed by atoms with E-state index in [1.54, 1.807) is 6.07 Å². The molecule has 1 aromatic rings. The van der Waals surface area contributed by atoms with Crippen molar-refractivity contribution in [1.29, 1.82) is 0 Å². The molecule has 0 saturated heterocycles. The van der Waals surface area contributed by atoms with Gasteiger partial charge in [0.2, 0.25) is 0 Å². The van der Waals surface area contributed by atoms with Crippen LogP contribution in [0.2, 0.25) is 0 Å². The number of aryl methyl sites for hydroxylation is 2. The SMILES string of the molecule is CCN(CC)CCNC(=O)c1cc(C)oc1C. The zero-order chi connectivity index (χ0) is 12.8. The highest BCUT2D eigenvalue weighted by Gasteiger charge is 2.12. The molecule has 1 amide bonds. The van der Waals surface area contributed by atoms with Crippen molar-refractivity contribution < 1.29 is 9.21 Å². The molecule has 4 heteroatoms. The third kappa shape index (κ3) is 3.89. The van der Waals surface area contributed by atoms with Crippen LogP contribution in [0.15, 0.2) is 10.5 Å². The lowest BCUT2D eigenvalue weighted by atomic mass is 10.2. The molecule has 0 aromatic carbocycles. The Labute approximate surface area is 103 Å². The van der Waals surface area contributed by atoms with Crippen LogP contribution in [0.3, 0.4) is 0 Å². The quantitative estimate of drug-likeness (QED) is 0.824. The number of furan rings is 1. The van der Waals surface area contributed by atoms with Crippen molar-refractivity contribution in [2.45, 2.75) is 27.7 Å². The Morgan fingerprint density at radius 2 is 2.00 bits per heavy atom. The van der Waals surface area contributed by atoms with E-state index < -0.39 is 0 Å². The minimum absolute atomic E-state index is 0.0495. The van der Waals surface area contributed by atoms with Gasteiger partial charge in [0.15, 0.2) is 0 Å². The maximum atomic E-state index is 11.8. The number of carbonyl (C=O) groups excluding carboxylic acids is 1. The highest BCUT2D eigenvalue weighted by Crippen LogP contribution is 2.12. The molecule has 0 atom stereocenters. The van der Waals surface area contributed by atoms with Crippen molar-refractivity contribution in [2.24, 2.45) is 0 Å². The van der Waals surface area contributed by atoms with Crippen molar-refractivity contribution >= 4 is 5.91 Å². The van der Waals surface area contributed by atoms with E-state index in [0.29, 0.717) is 17.9 Å². The highest BCUT2D eigenvalue weighted by molar-refractivity contribution is 5.95. The van der Waals surface area contributed by atoms with Crippen molar-refractivity contribution in [3.8, 4) is 0 Å². The summed E-state index contributed by atoms with van der Waals surface area (Å²) in [6, 6.07) is 1.78. The van der Waals surface area contributed by atoms with Crippen molar-refractivity contribution in [1.82, 2.24) is 10.2 Å². The zero-order valence-corrected chi connectivity index (χ0v) is 11.2. The number of nitrogens with zero attached hydrogens (tertiary/aromatic N) is 1. The standard InChI is InChI=1S/C13H22N2O2/c1-5-15(6-2)8-7-14-13(16)12-9-10(3)17-11(12)4/h9H,5-8H2,1-4H3,(H,14,16). The molecule has 0 aliphatic heterocycles. The first-order valence-corrected chi connectivity index (χ1v) is 6.16. The monoisotopic (exact) mass is 238 g/mol. The van der Waals surface area contributed by atoms with Gasteiger partial charge in [0.1, 0.15) is 11.5 Å². The fraction of sp³-hybridized carbons (Fsp3) is 0.615. The van der Waals surface area contributed by atoms with Crippen LogP contribution < -0.4 is 5.32 Å². The summed E-state index contributed by atoms with van der Waals surface area (Å²) in [5, 5.41) is 2.91. The van der Waals surface area contributed by atoms with Gasteiger partial charge in [-0.2, -0.15) is 0 Å². The second kappa shape index (κ2) is 6.45. The fourth-order valence-corrected chi connectivity index (χ4v) is 1.82. The summed E-state index contributed by atoms with van der Waals surface area (Å²) >= 11 is 0. The molecular weight excluding hydrogens is 216 g/mol. The van der Waals surface area contributed by atoms with Gasteiger partial charge in [0.25, 0.3) is 5.91 Å². The molecule has 4 nitrogen and oxygen atoms in total. The molecule has 0 unspecified atom stereocenters. The Morgan fingerprint density at radius 1 is 1.35 bits per heavy atom. The van der Waals surface area contributed by atoms with Crippen molar-refractivity contribution in [2.75, 3.05) is 26.2 Å². The van der Waals surface area contributed by atoms with Gasteiger partial charge in [-0.05, 0) is 33.0 Å². The molecular formula is C13H22N2O2. The summed E-state index contributed by atoms with van der Waals surface area (Å²) in [5.41, 5.74) is 0.641. The lowest BCUT2D eigenvalue weighted by molar-refractivity contribution is 0.0947. The second-order valence-electron chi connectivity index (χ2n) is 4.11. The molecule has 96 valence electrons. The molecule has 0 bridgehead atoms. The van der Waals surface area contributed by atoms with Gasteiger partial charge < -0.3 is 14.6 Å². The molecule has 0 aliphatic rings. The van der Waals surface area contributed by atoms with Crippen LogP contribution in [-0.2, 0) is 0 Å². The van der Waals surface area contributed by atoms with Gasteiger partial charge in [-0.15, -0.1) is 0 Å². The molecule has 1 N–H and O–H groups in total.